The highest BCUT2D eigenvalue weighted by Crippen LogP contribution is 2.64. The van der Waals surface area contributed by atoms with Crippen molar-refractivity contribution in [1.82, 2.24) is 5.32 Å². The highest BCUT2D eigenvalue weighted by atomic mass is 16.4. The van der Waals surface area contributed by atoms with Gasteiger partial charge in [-0.3, -0.25) is 9.59 Å². The van der Waals surface area contributed by atoms with Gasteiger partial charge in [0.1, 0.15) is 5.84 Å². The number of hydrogen-bond acceptors (Lipinski definition) is 4. The molecule has 4 aliphatic rings. The summed E-state index contributed by atoms with van der Waals surface area (Å²) in [7, 11) is 0. The summed E-state index contributed by atoms with van der Waals surface area (Å²) in [4.78, 5) is 24.5. The van der Waals surface area contributed by atoms with Gasteiger partial charge in [-0.05, 0) is 57.3 Å². The Morgan fingerprint density at radius 2 is 2.15 bits per heavy atom. The first-order valence-corrected chi connectivity index (χ1v) is 7.05. The molecule has 4 fully saturated rings. The zero-order valence-corrected chi connectivity index (χ0v) is 11.6. The number of oxime groups is 1. The number of primary amides is 1. The number of nitrogens with one attached hydrogen (secondary N) is 1. The van der Waals surface area contributed by atoms with Crippen molar-refractivity contribution >= 4 is 17.6 Å². The van der Waals surface area contributed by atoms with E-state index in [1.54, 1.807) is 0 Å². The first-order chi connectivity index (χ1) is 9.39. The van der Waals surface area contributed by atoms with Crippen LogP contribution in [0.15, 0.2) is 5.16 Å². The molecule has 4 bridgehead atoms. The van der Waals surface area contributed by atoms with E-state index in [0.29, 0.717) is 18.3 Å². The molecule has 6 heteroatoms. The fourth-order valence-electron chi connectivity index (χ4n) is 4.79. The third-order valence-electron chi connectivity index (χ3n) is 5.25. The van der Waals surface area contributed by atoms with Crippen LogP contribution in [0.1, 0.15) is 39.0 Å². The van der Waals surface area contributed by atoms with E-state index in [0.717, 1.165) is 25.7 Å². The number of hydrogen-bond donors (Lipinski definition) is 3. The minimum absolute atomic E-state index is 0.138. The topological polar surface area (TPSA) is 105 Å². The molecule has 4 N–H and O–H groups in total. The molecular formula is C14H20N3O3. The van der Waals surface area contributed by atoms with Crippen molar-refractivity contribution in [3.8, 4) is 0 Å². The molecular weight excluding hydrogens is 258 g/mol. The van der Waals surface area contributed by atoms with Gasteiger partial charge in [-0.25, -0.2) is 0 Å². The summed E-state index contributed by atoms with van der Waals surface area (Å²) in [6.45, 7) is 1.54. The lowest BCUT2D eigenvalue weighted by Crippen LogP contribution is -2.61. The summed E-state index contributed by atoms with van der Waals surface area (Å²) in [6.07, 6.45) is 5.98. The van der Waals surface area contributed by atoms with Gasteiger partial charge in [0.05, 0.1) is 10.8 Å². The number of carbonyl (C=O) groups excluding carboxylic acids is 2. The molecule has 4 atom stereocenters. The van der Waals surface area contributed by atoms with E-state index in [9.17, 15) is 9.59 Å². The van der Waals surface area contributed by atoms with Gasteiger partial charge in [-0.1, -0.05) is 5.16 Å². The third kappa shape index (κ3) is 1.81. The Hall–Kier alpha value is -1.59. The molecule has 1 radical (unpaired) electrons. The lowest BCUT2D eigenvalue weighted by molar-refractivity contribution is -0.154. The molecule has 4 rings (SSSR count). The van der Waals surface area contributed by atoms with Crippen LogP contribution in [0.25, 0.3) is 0 Å². The van der Waals surface area contributed by atoms with Gasteiger partial charge < -0.3 is 16.3 Å². The highest BCUT2D eigenvalue weighted by Gasteiger charge is 2.62. The molecule has 0 heterocycles. The largest absolute Gasteiger partial charge is 0.409 e. The SMILES string of the molecule is CC(=NO)NC(=O)C12CC3[CH]C(C(N)=O)(CC(C3)C1)C2. The van der Waals surface area contributed by atoms with Gasteiger partial charge in [-0.15, -0.1) is 0 Å². The molecule has 109 valence electrons. The minimum Gasteiger partial charge on any atom is -0.409 e. The van der Waals surface area contributed by atoms with Crippen LogP contribution in [0.4, 0.5) is 0 Å². The van der Waals surface area contributed by atoms with Crippen molar-refractivity contribution < 1.29 is 14.8 Å². The number of carbonyl (C=O) groups is 2. The van der Waals surface area contributed by atoms with E-state index in [1.807, 2.05) is 0 Å². The third-order valence-corrected chi connectivity index (χ3v) is 5.25. The van der Waals surface area contributed by atoms with Gasteiger partial charge in [0, 0.05) is 0 Å². The molecule has 0 aliphatic heterocycles. The van der Waals surface area contributed by atoms with Crippen LogP contribution in [-0.4, -0.2) is 22.9 Å². The minimum atomic E-state index is -0.619. The van der Waals surface area contributed by atoms with Crippen LogP contribution in [0.2, 0.25) is 0 Å². The van der Waals surface area contributed by atoms with Crippen molar-refractivity contribution in [3.63, 3.8) is 0 Å². The van der Waals surface area contributed by atoms with Crippen molar-refractivity contribution in [2.24, 2.45) is 33.6 Å². The van der Waals surface area contributed by atoms with E-state index < -0.39 is 10.8 Å². The van der Waals surface area contributed by atoms with E-state index in [2.05, 4.69) is 16.9 Å². The quantitative estimate of drug-likeness (QED) is 0.301. The van der Waals surface area contributed by atoms with E-state index >= 15 is 0 Å². The standard InChI is InChI=1S/C14H20N3O3/c1-8(17-20)16-12(19)14-5-9-2-10(6-14)4-13(3-9,7-14)11(15)18/h3,9-10,20H,2,4-7H2,1H3,(H2,15,18)(H,16,17,19). The van der Waals surface area contributed by atoms with Crippen molar-refractivity contribution in [3.05, 3.63) is 6.42 Å². The van der Waals surface area contributed by atoms with Gasteiger partial charge in [-0.2, -0.15) is 0 Å². The Labute approximate surface area is 117 Å². The average Bonchev–Trinajstić information content (AvgIpc) is 2.36. The fraction of sp³-hybridized carbons (Fsp3) is 0.714. The lowest BCUT2D eigenvalue weighted by Gasteiger charge is -2.59. The summed E-state index contributed by atoms with van der Waals surface area (Å²) < 4.78 is 0. The van der Waals surface area contributed by atoms with E-state index in [1.165, 1.54) is 6.92 Å². The monoisotopic (exact) mass is 278 g/mol. The molecule has 6 nitrogen and oxygen atoms in total. The predicted octanol–water partition coefficient (Wildman–Crippen LogP) is 0.796. The molecule has 0 saturated heterocycles. The van der Waals surface area contributed by atoms with Crippen LogP contribution in [0.5, 0.6) is 0 Å². The van der Waals surface area contributed by atoms with Gasteiger partial charge in [0.2, 0.25) is 11.8 Å². The normalized spacial score (nSPS) is 42.5. The summed E-state index contributed by atoms with van der Waals surface area (Å²) in [5.74, 6) is 0.415. The maximum atomic E-state index is 12.6. The highest BCUT2D eigenvalue weighted by molar-refractivity contribution is 6.00. The maximum absolute atomic E-state index is 12.6. The van der Waals surface area contributed by atoms with Crippen LogP contribution in [0.3, 0.4) is 0 Å². The molecule has 0 aromatic heterocycles. The Kier molecular flexibility index (Phi) is 2.81. The number of amides is 2. The van der Waals surface area contributed by atoms with Crippen molar-refractivity contribution in [2.75, 3.05) is 0 Å². The number of rotatable bonds is 2. The summed E-state index contributed by atoms with van der Waals surface area (Å²) >= 11 is 0. The summed E-state index contributed by atoms with van der Waals surface area (Å²) in [6, 6.07) is 0. The van der Waals surface area contributed by atoms with Crippen LogP contribution < -0.4 is 11.1 Å². The smallest absolute Gasteiger partial charge is 0.231 e. The van der Waals surface area contributed by atoms with Crippen LogP contribution in [-0.2, 0) is 9.59 Å². The molecule has 0 aromatic rings. The maximum Gasteiger partial charge on any atom is 0.231 e. The van der Waals surface area contributed by atoms with E-state index in [-0.39, 0.29) is 17.6 Å². The number of amidine groups is 1. The predicted molar refractivity (Wildman–Crippen MR) is 71.5 cm³/mol. The Balaban J connectivity index is 1.90. The Bertz CT molecular complexity index is 486. The molecule has 20 heavy (non-hydrogen) atoms. The average molecular weight is 278 g/mol. The van der Waals surface area contributed by atoms with E-state index in [4.69, 9.17) is 10.9 Å². The number of nitrogens with zero attached hydrogens (tertiary/aromatic N) is 1. The summed E-state index contributed by atoms with van der Waals surface area (Å²) in [5, 5.41) is 14.3. The zero-order valence-electron chi connectivity index (χ0n) is 11.6. The molecule has 0 spiro atoms. The molecule has 4 aliphatic carbocycles. The first kappa shape index (κ1) is 13.4. The van der Waals surface area contributed by atoms with Gasteiger partial charge in [0.25, 0.3) is 0 Å². The van der Waals surface area contributed by atoms with Crippen LogP contribution in [0, 0.1) is 29.1 Å². The molecule has 2 amide bonds. The van der Waals surface area contributed by atoms with Crippen LogP contribution >= 0.6 is 0 Å². The second kappa shape index (κ2) is 4.20. The Morgan fingerprint density at radius 3 is 2.75 bits per heavy atom. The van der Waals surface area contributed by atoms with Gasteiger partial charge >= 0.3 is 0 Å². The lowest BCUT2D eigenvalue weighted by atomic mass is 9.43. The van der Waals surface area contributed by atoms with Gasteiger partial charge in [0.15, 0.2) is 0 Å². The zero-order chi connectivity index (χ0) is 14.5. The van der Waals surface area contributed by atoms with Crippen molar-refractivity contribution in [1.29, 1.82) is 0 Å². The summed E-state index contributed by atoms with van der Waals surface area (Å²) in [5.41, 5.74) is 4.45. The first-order valence-electron chi connectivity index (χ1n) is 7.05. The fourth-order valence-corrected chi connectivity index (χ4v) is 4.79. The molecule has 4 saturated carbocycles. The second-order valence-electron chi connectivity index (χ2n) is 6.76. The molecule has 0 aromatic carbocycles. The Morgan fingerprint density at radius 1 is 1.40 bits per heavy atom. The van der Waals surface area contributed by atoms with Crippen molar-refractivity contribution in [2.45, 2.75) is 39.0 Å². The second-order valence-corrected chi connectivity index (χ2v) is 6.76. The number of nitrogens with two attached hydrogens (primary N) is 1. The molecule has 4 unspecified atom stereocenters.